The molecule has 0 aliphatic heterocycles. The maximum Gasteiger partial charge on any atom is 0.310 e. The summed E-state index contributed by atoms with van der Waals surface area (Å²) in [6.45, 7) is 2.51. The molecule has 0 fully saturated rings. The van der Waals surface area contributed by atoms with Gasteiger partial charge in [-0.3, -0.25) is 4.79 Å². The van der Waals surface area contributed by atoms with Crippen LogP contribution in [0.2, 0.25) is 0 Å². The van der Waals surface area contributed by atoms with Crippen LogP contribution in [-0.2, 0) is 4.79 Å². The number of benzene rings is 1. The van der Waals surface area contributed by atoms with Crippen LogP contribution >= 0.6 is 0 Å². The normalized spacial score (nSPS) is 14.6. The van der Waals surface area contributed by atoms with Gasteiger partial charge in [0.05, 0.1) is 5.92 Å². The molecule has 110 valence electrons. The van der Waals surface area contributed by atoms with Gasteiger partial charge in [0.1, 0.15) is 0 Å². The number of aliphatic carboxylic acids is 1. The topological polar surface area (TPSA) is 37.3 Å². The van der Waals surface area contributed by atoms with Crippen molar-refractivity contribution in [2.75, 3.05) is 0 Å². The van der Waals surface area contributed by atoms with Crippen molar-refractivity contribution in [3.63, 3.8) is 0 Å². The zero-order chi connectivity index (χ0) is 15.6. The van der Waals surface area contributed by atoms with E-state index in [1.807, 2.05) is 0 Å². The fourth-order valence-corrected chi connectivity index (χ4v) is 1.53. The number of halogens is 5. The lowest BCUT2D eigenvalue weighted by Gasteiger charge is -2.12. The van der Waals surface area contributed by atoms with E-state index >= 15 is 0 Å². The van der Waals surface area contributed by atoms with Crippen LogP contribution in [0, 0.1) is 35.0 Å². The first kappa shape index (κ1) is 16.1. The summed E-state index contributed by atoms with van der Waals surface area (Å²) >= 11 is 0. The van der Waals surface area contributed by atoms with Gasteiger partial charge in [-0.05, 0) is 6.92 Å². The molecule has 2 atom stereocenters. The molecular weight excluding hydrogens is 283 g/mol. The first-order valence-corrected chi connectivity index (χ1v) is 5.60. The Morgan fingerprint density at radius 3 is 1.70 bits per heavy atom. The Labute approximate surface area is 111 Å². The molecule has 0 spiro atoms. The summed E-state index contributed by atoms with van der Waals surface area (Å²) in [5.74, 6) is -13.4. The van der Waals surface area contributed by atoms with E-state index in [4.69, 9.17) is 5.11 Å². The molecule has 0 aromatic heterocycles. The highest BCUT2D eigenvalue weighted by molar-refractivity contribution is 5.71. The van der Waals surface area contributed by atoms with Crippen molar-refractivity contribution in [3.8, 4) is 0 Å². The lowest BCUT2D eigenvalue weighted by Crippen LogP contribution is -2.10. The first-order valence-electron chi connectivity index (χ1n) is 5.60. The molecule has 0 bridgehead atoms. The van der Waals surface area contributed by atoms with Crippen LogP contribution in [-0.4, -0.2) is 11.1 Å². The van der Waals surface area contributed by atoms with E-state index in [-0.39, 0.29) is 0 Å². The third kappa shape index (κ3) is 2.97. The van der Waals surface area contributed by atoms with E-state index < -0.39 is 52.5 Å². The van der Waals surface area contributed by atoms with Crippen LogP contribution in [0.4, 0.5) is 22.0 Å². The molecule has 0 heterocycles. The monoisotopic (exact) mass is 294 g/mol. The molecule has 1 aromatic rings. The maximum atomic E-state index is 13.5. The summed E-state index contributed by atoms with van der Waals surface area (Å²) in [6.07, 6.45) is 2.20. The Balaban J connectivity index is 3.24. The molecule has 0 saturated heterocycles. The summed E-state index contributed by atoms with van der Waals surface area (Å²) in [5.41, 5.74) is -0.991. The van der Waals surface area contributed by atoms with Gasteiger partial charge in [-0.15, -0.1) is 0 Å². The predicted molar refractivity (Wildman–Crippen MR) is 60.6 cm³/mol. The van der Waals surface area contributed by atoms with Gasteiger partial charge >= 0.3 is 5.97 Å². The second kappa shape index (κ2) is 6.02. The summed E-state index contributed by atoms with van der Waals surface area (Å²) < 4.78 is 65.8. The number of hydrogen-bond acceptors (Lipinski definition) is 1. The molecule has 1 N–H and O–H groups in total. The molecule has 1 aromatic carbocycles. The fraction of sp³-hybridized carbons (Fsp3) is 0.308. The number of carbonyl (C=O) groups is 1. The Morgan fingerprint density at radius 2 is 1.30 bits per heavy atom. The van der Waals surface area contributed by atoms with Crippen LogP contribution in [0.15, 0.2) is 12.2 Å². The predicted octanol–water partition coefficient (Wildman–Crippen LogP) is 3.76. The van der Waals surface area contributed by atoms with Crippen molar-refractivity contribution in [1.82, 2.24) is 0 Å². The Morgan fingerprint density at radius 1 is 0.900 bits per heavy atom. The van der Waals surface area contributed by atoms with Crippen LogP contribution in [0.1, 0.15) is 25.3 Å². The lowest BCUT2D eigenvalue weighted by atomic mass is 9.97. The average Bonchev–Trinajstić information content (AvgIpc) is 2.40. The molecule has 0 unspecified atom stereocenters. The molecule has 0 amide bonds. The lowest BCUT2D eigenvalue weighted by molar-refractivity contribution is -0.139. The van der Waals surface area contributed by atoms with Crippen molar-refractivity contribution in [2.45, 2.75) is 19.8 Å². The van der Waals surface area contributed by atoms with E-state index in [0.29, 0.717) is 0 Å². The number of carboxylic acid groups (broad SMARTS) is 1. The van der Waals surface area contributed by atoms with Gasteiger partial charge in [-0.2, -0.15) is 0 Å². The van der Waals surface area contributed by atoms with E-state index in [1.165, 1.54) is 13.8 Å². The van der Waals surface area contributed by atoms with Crippen molar-refractivity contribution >= 4 is 5.97 Å². The van der Waals surface area contributed by atoms with Crippen molar-refractivity contribution in [2.24, 2.45) is 5.92 Å². The van der Waals surface area contributed by atoms with Gasteiger partial charge in [0.15, 0.2) is 23.3 Å². The van der Waals surface area contributed by atoms with Gasteiger partial charge in [-0.1, -0.05) is 19.1 Å². The highest BCUT2D eigenvalue weighted by atomic mass is 19.2. The second-order valence-electron chi connectivity index (χ2n) is 4.28. The Hall–Kier alpha value is -1.92. The van der Waals surface area contributed by atoms with Crippen LogP contribution in [0.25, 0.3) is 0 Å². The number of rotatable bonds is 4. The van der Waals surface area contributed by atoms with E-state index in [9.17, 15) is 26.7 Å². The zero-order valence-corrected chi connectivity index (χ0v) is 10.6. The minimum Gasteiger partial charge on any atom is -0.481 e. The average molecular weight is 294 g/mol. The molecule has 2 nitrogen and oxygen atoms in total. The molecular formula is C13H11F5O2. The van der Waals surface area contributed by atoms with E-state index in [0.717, 1.165) is 12.2 Å². The highest BCUT2D eigenvalue weighted by Gasteiger charge is 2.27. The zero-order valence-electron chi connectivity index (χ0n) is 10.6. The SMILES string of the molecule is C[C@@H](C=C[C@H](C)c1c(F)c(F)c(F)c(F)c1F)C(=O)O. The quantitative estimate of drug-likeness (QED) is 0.397. The number of carboxylic acids is 1. The third-order valence-corrected chi connectivity index (χ3v) is 2.78. The van der Waals surface area contributed by atoms with Crippen LogP contribution in [0.3, 0.4) is 0 Å². The second-order valence-corrected chi connectivity index (χ2v) is 4.28. The van der Waals surface area contributed by atoms with Gasteiger partial charge in [0.25, 0.3) is 0 Å². The summed E-state index contributed by atoms with van der Waals surface area (Å²) in [7, 11) is 0. The van der Waals surface area contributed by atoms with Gasteiger partial charge in [0, 0.05) is 11.5 Å². The van der Waals surface area contributed by atoms with Gasteiger partial charge in [-0.25, -0.2) is 22.0 Å². The summed E-state index contributed by atoms with van der Waals surface area (Å²) in [6, 6.07) is 0. The third-order valence-electron chi connectivity index (χ3n) is 2.78. The Kier molecular flexibility index (Phi) is 4.86. The van der Waals surface area contributed by atoms with Crippen molar-refractivity contribution in [1.29, 1.82) is 0 Å². The highest BCUT2D eigenvalue weighted by Crippen LogP contribution is 2.29. The fourth-order valence-electron chi connectivity index (χ4n) is 1.53. The molecule has 0 radical (unpaired) electrons. The maximum absolute atomic E-state index is 13.5. The standard InChI is InChI=1S/C13H11F5O2/c1-5(3-4-6(2)13(19)20)7-8(14)10(16)12(18)11(17)9(7)15/h3-6H,1-2H3,(H,19,20)/t5-,6-/m0/s1. The van der Waals surface area contributed by atoms with Crippen LogP contribution < -0.4 is 0 Å². The number of hydrogen-bond donors (Lipinski definition) is 1. The minimum atomic E-state index is -2.22. The first-order chi connectivity index (χ1) is 9.18. The van der Waals surface area contributed by atoms with Crippen LogP contribution in [0.5, 0.6) is 0 Å². The molecule has 0 aliphatic rings. The molecule has 0 saturated carbocycles. The largest absolute Gasteiger partial charge is 0.481 e. The molecule has 1 rings (SSSR count). The summed E-state index contributed by atoms with van der Waals surface area (Å²) in [4.78, 5) is 10.6. The van der Waals surface area contributed by atoms with Crippen molar-refractivity contribution in [3.05, 3.63) is 46.8 Å². The number of allylic oxidation sites excluding steroid dienone is 1. The minimum absolute atomic E-state index is 0.946. The van der Waals surface area contributed by atoms with Crippen molar-refractivity contribution < 1.29 is 31.9 Å². The molecule has 20 heavy (non-hydrogen) atoms. The molecule has 0 aliphatic carbocycles. The van der Waals surface area contributed by atoms with E-state index in [1.54, 1.807) is 0 Å². The van der Waals surface area contributed by atoms with Gasteiger partial charge in [0.2, 0.25) is 5.82 Å². The Bertz CT molecular complexity index is 539. The summed E-state index contributed by atoms with van der Waals surface area (Å²) in [5, 5.41) is 8.63. The van der Waals surface area contributed by atoms with E-state index in [2.05, 4.69) is 0 Å². The molecule has 7 heteroatoms. The van der Waals surface area contributed by atoms with Gasteiger partial charge < -0.3 is 5.11 Å². The smallest absolute Gasteiger partial charge is 0.310 e.